The number of thiophene rings is 1. The average molecular weight is 366 g/mol. The van der Waals surface area contributed by atoms with Gasteiger partial charge in [0.2, 0.25) is 5.91 Å². The predicted octanol–water partition coefficient (Wildman–Crippen LogP) is 2.97. The van der Waals surface area contributed by atoms with Crippen LogP contribution >= 0.6 is 23.1 Å². The highest BCUT2D eigenvalue weighted by Gasteiger charge is 2.23. The van der Waals surface area contributed by atoms with Crippen LogP contribution < -0.4 is 10.9 Å². The third kappa shape index (κ3) is 3.83. The van der Waals surface area contributed by atoms with Crippen LogP contribution in [0.1, 0.15) is 37.6 Å². The topological polar surface area (TPSA) is 74.8 Å². The molecular formula is C17H23N3O2S2. The number of hydrogen-bond donors (Lipinski definition) is 2. The van der Waals surface area contributed by atoms with E-state index in [-0.39, 0.29) is 17.2 Å². The Bertz CT molecular complexity index is 810. The summed E-state index contributed by atoms with van der Waals surface area (Å²) in [5.74, 6) is 1.33. The molecule has 0 unspecified atom stereocenters. The van der Waals surface area contributed by atoms with Gasteiger partial charge < -0.3 is 10.3 Å². The van der Waals surface area contributed by atoms with Crippen LogP contribution in [0.15, 0.2) is 9.95 Å². The van der Waals surface area contributed by atoms with E-state index >= 15 is 0 Å². The van der Waals surface area contributed by atoms with Gasteiger partial charge >= 0.3 is 0 Å². The zero-order chi connectivity index (χ0) is 17.3. The summed E-state index contributed by atoms with van der Waals surface area (Å²) in [5.41, 5.74) is 1.12. The Morgan fingerprint density at radius 3 is 3.04 bits per heavy atom. The van der Waals surface area contributed by atoms with Crippen LogP contribution in [0.5, 0.6) is 0 Å². The van der Waals surface area contributed by atoms with Gasteiger partial charge in [-0.25, -0.2) is 4.98 Å². The molecule has 1 amide bonds. The molecule has 7 heteroatoms. The van der Waals surface area contributed by atoms with Crippen LogP contribution in [0.4, 0.5) is 0 Å². The first kappa shape index (κ1) is 17.5. The second-order valence-electron chi connectivity index (χ2n) is 6.89. The van der Waals surface area contributed by atoms with Crippen LogP contribution in [0, 0.1) is 11.8 Å². The molecule has 0 saturated heterocycles. The molecule has 130 valence electrons. The number of aromatic amines is 1. The number of aryl methyl sites for hydroxylation is 1. The quantitative estimate of drug-likeness (QED) is 0.631. The molecule has 2 heterocycles. The van der Waals surface area contributed by atoms with Crippen molar-refractivity contribution in [1.29, 1.82) is 0 Å². The minimum atomic E-state index is -0.0721. The number of thioether (sulfide) groups is 1. The van der Waals surface area contributed by atoms with Gasteiger partial charge in [0.05, 0.1) is 11.1 Å². The third-order valence-electron chi connectivity index (χ3n) is 4.19. The van der Waals surface area contributed by atoms with E-state index in [0.29, 0.717) is 23.5 Å². The molecule has 0 radical (unpaired) electrons. The van der Waals surface area contributed by atoms with E-state index in [1.807, 2.05) is 0 Å². The van der Waals surface area contributed by atoms with Crippen molar-refractivity contribution in [2.24, 2.45) is 11.8 Å². The SMILES string of the molecule is CC(C)CNC(=O)CSc1nc2sc3c(c2c(=O)[nH]1)CC[C@H](C)C3. The normalized spacial score (nSPS) is 17.2. The molecular weight excluding hydrogens is 342 g/mol. The predicted molar refractivity (Wildman–Crippen MR) is 100 cm³/mol. The fourth-order valence-electron chi connectivity index (χ4n) is 2.90. The molecule has 0 saturated carbocycles. The smallest absolute Gasteiger partial charge is 0.260 e. The molecule has 5 nitrogen and oxygen atoms in total. The van der Waals surface area contributed by atoms with E-state index in [1.54, 1.807) is 11.3 Å². The summed E-state index contributed by atoms with van der Waals surface area (Å²) in [6, 6.07) is 0. The molecule has 0 aliphatic heterocycles. The van der Waals surface area contributed by atoms with Crippen molar-refractivity contribution in [3.05, 3.63) is 20.8 Å². The molecule has 0 spiro atoms. The number of carbonyl (C=O) groups is 1. The first-order valence-electron chi connectivity index (χ1n) is 8.38. The highest BCUT2D eigenvalue weighted by molar-refractivity contribution is 7.99. The number of H-pyrrole nitrogens is 1. The summed E-state index contributed by atoms with van der Waals surface area (Å²) in [6.07, 6.45) is 3.13. The Labute approximate surface area is 149 Å². The molecule has 1 atom stereocenters. The fourth-order valence-corrected chi connectivity index (χ4v) is 5.03. The van der Waals surface area contributed by atoms with Gasteiger partial charge in [0.25, 0.3) is 5.56 Å². The maximum absolute atomic E-state index is 12.5. The van der Waals surface area contributed by atoms with Crippen LogP contribution in [-0.4, -0.2) is 28.2 Å². The maximum atomic E-state index is 12.5. The highest BCUT2D eigenvalue weighted by Crippen LogP contribution is 2.36. The molecule has 24 heavy (non-hydrogen) atoms. The molecule has 1 aliphatic rings. The molecule has 2 N–H and O–H groups in total. The Morgan fingerprint density at radius 2 is 2.29 bits per heavy atom. The van der Waals surface area contributed by atoms with Crippen molar-refractivity contribution in [2.75, 3.05) is 12.3 Å². The molecule has 0 aromatic carbocycles. The minimum absolute atomic E-state index is 0.0317. The van der Waals surface area contributed by atoms with Gasteiger partial charge in [-0.15, -0.1) is 11.3 Å². The Morgan fingerprint density at radius 1 is 1.50 bits per heavy atom. The Hall–Kier alpha value is -1.34. The number of nitrogens with zero attached hydrogens (tertiary/aromatic N) is 1. The van der Waals surface area contributed by atoms with Gasteiger partial charge in [0.1, 0.15) is 4.83 Å². The standard InChI is InChI=1S/C17H23N3O2S2/c1-9(2)7-18-13(21)8-23-17-19-15(22)14-11-5-4-10(3)6-12(11)24-16(14)20-17/h9-10H,4-8H2,1-3H3,(H,18,21)(H,19,20,22)/t10-/m0/s1. The van der Waals surface area contributed by atoms with Crippen molar-refractivity contribution >= 4 is 39.2 Å². The fraction of sp³-hybridized carbons (Fsp3) is 0.588. The number of hydrogen-bond acceptors (Lipinski definition) is 5. The largest absolute Gasteiger partial charge is 0.355 e. The van der Waals surface area contributed by atoms with E-state index in [4.69, 9.17) is 0 Å². The first-order chi connectivity index (χ1) is 11.4. The lowest BCUT2D eigenvalue weighted by Gasteiger charge is -2.17. The zero-order valence-electron chi connectivity index (χ0n) is 14.3. The van der Waals surface area contributed by atoms with Crippen molar-refractivity contribution in [3.8, 4) is 0 Å². The van der Waals surface area contributed by atoms with Gasteiger partial charge in [-0.1, -0.05) is 32.5 Å². The van der Waals surface area contributed by atoms with E-state index < -0.39 is 0 Å². The number of rotatable bonds is 5. The number of aromatic nitrogens is 2. The summed E-state index contributed by atoms with van der Waals surface area (Å²) in [5, 5.41) is 4.16. The molecule has 0 fully saturated rings. The summed E-state index contributed by atoms with van der Waals surface area (Å²) < 4.78 is 0. The van der Waals surface area contributed by atoms with Crippen molar-refractivity contribution in [1.82, 2.24) is 15.3 Å². The van der Waals surface area contributed by atoms with Crippen molar-refractivity contribution < 1.29 is 4.79 Å². The molecule has 2 aromatic heterocycles. The number of fused-ring (bicyclic) bond motifs is 3. The maximum Gasteiger partial charge on any atom is 0.260 e. The summed E-state index contributed by atoms with van der Waals surface area (Å²) in [6.45, 7) is 7.03. The van der Waals surface area contributed by atoms with Gasteiger partial charge in [-0.05, 0) is 36.7 Å². The minimum Gasteiger partial charge on any atom is -0.355 e. The summed E-state index contributed by atoms with van der Waals surface area (Å²) in [7, 11) is 0. The van der Waals surface area contributed by atoms with Gasteiger partial charge in [0, 0.05) is 11.4 Å². The van der Waals surface area contributed by atoms with E-state index in [2.05, 4.69) is 36.1 Å². The van der Waals surface area contributed by atoms with Gasteiger partial charge in [0.15, 0.2) is 5.16 Å². The Kier molecular flexibility index (Phi) is 5.30. The summed E-state index contributed by atoms with van der Waals surface area (Å²) >= 11 is 2.92. The van der Waals surface area contributed by atoms with Crippen LogP contribution in [0.25, 0.3) is 10.2 Å². The van der Waals surface area contributed by atoms with E-state index in [1.165, 1.54) is 22.2 Å². The summed E-state index contributed by atoms with van der Waals surface area (Å²) in [4.78, 5) is 33.8. The lowest BCUT2D eigenvalue weighted by molar-refractivity contribution is -0.118. The number of carbonyl (C=O) groups excluding carboxylic acids is 1. The monoisotopic (exact) mass is 365 g/mol. The number of nitrogens with one attached hydrogen (secondary N) is 2. The third-order valence-corrected chi connectivity index (χ3v) is 6.21. The van der Waals surface area contributed by atoms with E-state index in [0.717, 1.165) is 29.5 Å². The lowest BCUT2D eigenvalue weighted by atomic mass is 9.89. The molecule has 0 bridgehead atoms. The van der Waals surface area contributed by atoms with Gasteiger partial charge in [-0.3, -0.25) is 9.59 Å². The zero-order valence-corrected chi connectivity index (χ0v) is 15.9. The van der Waals surface area contributed by atoms with E-state index in [9.17, 15) is 9.59 Å². The van der Waals surface area contributed by atoms with Crippen LogP contribution in [0.3, 0.4) is 0 Å². The highest BCUT2D eigenvalue weighted by atomic mass is 32.2. The lowest BCUT2D eigenvalue weighted by Crippen LogP contribution is -2.28. The van der Waals surface area contributed by atoms with Gasteiger partial charge in [-0.2, -0.15) is 0 Å². The second-order valence-corrected chi connectivity index (χ2v) is 8.94. The molecule has 3 rings (SSSR count). The van der Waals surface area contributed by atoms with Crippen molar-refractivity contribution in [2.45, 2.75) is 45.2 Å². The first-order valence-corrected chi connectivity index (χ1v) is 10.2. The van der Waals surface area contributed by atoms with Crippen LogP contribution in [0.2, 0.25) is 0 Å². The average Bonchev–Trinajstić information content (AvgIpc) is 2.88. The molecule has 1 aliphatic carbocycles. The second kappa shape index (κ2) is 7.27. The van der Waals surface area contributed by atoms with Crippen molar-refractivity contribution in [3.63, 3.8) is 0 Å². The molecule has 2 aromatic rings. The Balaban J connectivity index is 1.76. The van der Waals surface area contributed by atoms with Crippen LogP contribution in [-0.2, 0) is 17.6 Å². The number of amides is 1.